The van der Waals surface area contributed by atoms with E-state index in [0.717, 1.165) is 49.9 Å². The lowest BCUT2D eigenvalue weighted by molar-refractivity contribution is -0.0282. The minimum atomic E-state index is 0.152. The van der Waals surface area contributed by atoms with E-state index >= 15 is 0 Å². The molecule has 2 heterocycles. The Morgan fingerprint density at radius 1 is 1.50 bits per heavy atom. The van der Waals surface area contributed by atoms with Crippen LogP contribution in [0.3, 0.4) is 0 Å². The summed E-state index contributed by atoms with van der Waals surface area (Å²) in [5, 5.41) is 4.68. The molecule has 2 atom stereocenters. The van der Waals surface area contributed by atoms with E-state index in [0.29, 0.717) is 6.04 Å². The van der Waals surface area contributed by atoms with Gasteiger partial charge in [-0.3, -0.25) is 4.90 Å². The zero-order chi connectivity index (χ0) is 14.5. The maximum Gasteiger partial charge on any atom is 0.123 e. The smallest absolute Gasteiger partial charge is 0.123 e. The van der Waals surface area contributed by atoms with Crippen LogP contribution in [-0.4, -0.2) is 42.7 Å². The molecule has 1 aromatic heterocycles. The summed E-state index contributed by atoms with van der Waals surface area (Å²) in [6, 6.07) is 0.382. The third-order valence-electron chi connectivity index (χ3n) is 3.82. The summed E-state index contributed by atoms with van der Waals surface area (Å²) in [6.45, 7) is 13.7. The molecule has 1 aliphatic rings. The van der Waals surface area contributed by atoms with Gasteiger partial charge in [-0.15, -0.1) is 11.3 Å². The van der Waals surface area contributed by atoms with E-state index in [4.69, 9.17) is 9.72 Å². The van der Waals surface area contributed by atoms with Crippen LogP contribution >= 0.6 is 11.3 Å². The normalized spacial score (nSPS) is 22.1. The molecule has 114 valence electrons. The van der Waals surface area contributed by atoms with Gasteiger partial charge in [0.1, 0.15) is 11.1 Å². The number of ether oxygens (including phenoxy) is 1. The lowest BCUT2D eigenvalue weighted by atomic mass is 10.2. The van der Waals surface area contributed by atoms with Crippen molar-refractivity contribution in [3.63, 3.8) is 0 Å². The number of morpholine rings is 1. The van der Waals surface area contributed by atoms with E-state index in [-0.39, 0.29) is 6.10 Å². The number of rotatable bonds is 6. The van der Waals surface area contributed by atoms with Crippen LogP contribution < -0.4 is 5.32 Å². The van der Waals surface area contributed by atoms with Gasteiger partial charge in [0, 0.05) is 24.0 Å². The van der Waals surface area contributed by atoms with Gasteiger partial charge in [-0.05, 0) is 33.4 Å². The van der Waals surface area contributed by atoms with Crippen molar-refractivity contribution in [2.24, 2.45) is 0 Å². The van der Waals surface area contributed by atoms with Gasteiger partial charge in [0.25, 0.3) is 0 Å². The number of hydrogen-bond acceptors (Lipinski definition) is 5. The number of hydrogen-bond donors (Lipinski definition) is 1. The van der Waals surface area contributed by atoms with Crippen molar-refractivity contribution >= 4 is 11.3 Å². The number of likely N-dealkylation sites (N-methyl/N-ethyl adjacent to an activating group) is 1. The Morgan fingerprint density at radius 3 is 3.00 bits per heavy atom. The number of aryl methyl sites for hydroxylation is 1. The maximum absolute atomic E-state index is 5.91. The third-order valence-corrected chi connectivity index (χ3v) is 5.25. The van der Waals surface area contributed by atoms with Gasteiger partial charge in [0.05, 0.1) is 12.3 Å². The van der Waals surface area contributed by atoms with Crippen LogP contribution in [0, 0.1) is 6.92 Å². The van der Waals surface area contributed by atoms with Gasteiger partial charge in [-0.2, -0.15) is 0 Å². The molecule has 1 saturated heterocycles. The van der Waals surface area contributed by atoms with Crippen molar-refractivity contribution in [3.05, 3.63) is 15.6 Å². The van der Waals surface area contributed by atoms with Crippen molar-refractivity contribution in [3.8, 4) is 0 Å². The minimum Gasteiger partial charge on any atom is -0.368 e. The van der Waals surface area contributed by atoms with Crippen molar-refractivity contribution in [2.75, 3.05) is 32.8 Å². The molecule has 2 unspecified atom stereocenters. The standard InChI is InChI=1S/C15H27N3OS/c1-5-7-16-11(3)14-12(4)17-15(20-14)13-10-18(6-2)8-9-19-13/h11,13,16H,5-10H2,1-4H3. The summed E-state index contributed by atoms with van der Waals surface area (Å²) < 4.78 is 5.91. The monoisotopic (exact) mass is 297 g/mol. The fraction of sp³-hybridized carbons (Fsp3) is 0.800. The molecule has 0 radical (unpaired) electrons. The molecule has 1 N–H and O–H groups in total. The second-order valence-electron chi connectivity index (χ2n) is 5.43. The topological polar surface area (TPSA) is 37.4 Å². The van der Waals surface area contributed by atoms with E-state index in [1.54, 1.807) is 0 Å². The third kappa shape index (κ3) is 3.79. The molecule has 1 aliphatic heterocycles. The highest BCUT2D eigenvalue weighted by Crippen LogP contribution is 2.31. The average Bonchev–Trinajstić information content (AvgIpc) is 2.87. The molecule has 0 aliphatic carbocycles. The van der Waals surface area contributed by atoms with Crippen molar-refractivity contribution in [1.29, 1.82) is 0 Å². The number of thiazole rings is 1. The molecule has 1 aromatic rings. The van der Waals surface area contributed by atoms with Crippen LogP contribution in [0.5, 0.6) is 0 Å². The molecule has 20 heavy (non-hydrogen) atoms. The van der Waals surface area contributed by atoms with E-state index in [1.165, 1.54) is 4.88 Å². The highest BCUT2D eigenvalue weighted by Gasteiger charge is 2.25. The van der Waals surface area contributed by atoms with Gasteiger partial charge < -0.3 is 10.1 Å². The molecule has 4 nitrogen and oxygen atoms in total. The summed E-state index contributed by atoms with van der Waals surface area (Å²) in [4.78, 5) is 8.55. The Morgan fingerprint density at radius 2 is 2.30 bits per heavy atom. The molecule has 0 amide bonds. The van der Waals surface area contributed by atoms with E-state index in [9.17, 15) is 0 Å². The molecular weight excluding hydrogens is 270 g/mol. The summed E-state index contributed by atoms with van der Waals surface area (Å²) in [6.07, 6.45) is 1.31. The van der Waals surface area contributed by atoms with Gasteiger partial charge in [-0.25, -0.2) is 4.98 Å². The van der Waals surface area contributed by atoms with Gasteiger partial charge >= 0.3 is 0 Å². The average molecular weight is 297 g/mol. The van der Waals surface area contributed by atoms with Gasteiger partial charge in [0.2, 0.25) is 0 Å². The van der Waals surface area contributed by atoms with E-state index in [2.05, 4.69) is 37.9 Å². The molecule has 0 aromatic carbocycles. The zero-order valence-corrected chi connectivity index (χ0v) is 13.9. The van der Waals surface area contributed by atoms with Crippen LogP contribution in [0.1, 0.15) is 54.9 Å². The second-order valence-corrected chi connectivity index (χ2v) is 6.49. The Labute approximate surface area is 126 Å². The summed E-state index contributed by atoms with van der Waals surface area (Å²) in [5.41, 5.74) is 1.15. The predicted octanol–water partition coefficient (Wildman–Crippen LogP) is 2.91. The molecule has 1 fully saturated rings. The van der Waals surface area contributed by atoms with Crippen LogP contribution in [0.25, 0.3) is 0 Å². The summed E-state index contributed by atoms with van der Waals surface area (Å²) in [7, 11) is 0. The first-order valence-corrected chi connectivity index (χ1v) is 8.51. The largest absolute Gasteiger partial charge is 0.368 e. The first-order valence-electron chi connectivity index (χ1n) is 7.70. The van der Waals surface area contributed by atoms with E-state index < -0.39 is 0 Å². The lowest BCUT2D eigenvalue weighted by Crippen LogP contribution is -2.38. The summed E-state index contributed by atoms with van der Waals surface area (Å²) in [5.74, 6) is 0. The summed E-state index contributed by atoms with van der Waals surface area (Å²) >= 11 is 1.81. The number of nitrogens with one attached hydrogen (secondary N) is 1. The van der Waals surface area contributed by atoms with E-state index in [1.807, 2.05) is 11.3 Å². The van der Waals surface area contributed by atoms with Crippen LogP contribution in [-0.2, 0) is 4.74 Å². The molecular formula is C15H27N3OS. The quantitative estimate of drug-likeness (QED) is 0.876. The maximum atomic E-state index is 5.91. The molecule has 5 heteroatoms. The van der Waals surface area contributed by atoms with Gasteiger partial charge in [-0.1, -0.05) is 13.8 Å². The predicted molar refractivity (Wildman–Crippen MR) is 84.4 cm³/mol. The number of aromatic nitrogens is 1. The van der Waals surface area contributed by atoms with Gasteiger partial charge in [0.15, 0.2) is 0 Å². The molecule has 0 saturated carbocycles. The Hall–Kier alpha value is -0.490. The zero-order valence-electron chi connectivity index (χ0n) is 13.1. The lowest BCUT2D eigenvalue weighted by Gasteiger charge is -2.30. The molecule has 0 spiro atoms. The number of nitrogens with zero attached hydrogens (tertiary/aromatic N) is 2. The Bertz CT molecular complexity index is 421. The Balaban J connectivity index is 2.06. The first kappa shape index (κ1) is 15.9. The SMILES string of the molecule is CCCNC(C)c1sc(C2CN(CC)CCO2)nc1C. The van der Waals surface area contributed by atoms with Crippen LogP contribution in [0.4, 0.5) is 0 Å². The Kier molecular flexibility index (Phi) is 5.96. The van der Waals surface area contributed by atoms with Crippen LogP contribution in [0.15, 0.2) is 0 Å². The highest BCUT2D eigenvalue weighted by atomic mass is 32.1. The minimum absolute atomic E-state index is 0.152. The van der Waals surface area contributed by atoms with Crippen molar-refractivity contribution < 1.29 is 4.74 Å². The first-order chi connectivity index (χ1) is 9.65. The fourth-order valence-corrected chi connectivity index (χ4v) is 3.70. The highest BCUT2D eigenvalue weighted by molar-refractivity contribution is 7.11. The second kappa shape index (κ2) is 7.50. The molecule has 0 bridgehead atoms. The van der Waals surface area contributed by atoms with Crippen molar-refractivity contribution in [2.45, 2.75) is 46.3 Å². The van der Waals surface area contributed by atoms with Crippen LogP contribution in [0.2, 0.25) is 0 Å². The fourth-order valence-electron chi connectivity index (χ4n) is 2.56. The molecule has 2 rings (SSSR count). The van der Waals surface area contributed by atoms with Crippen molar-refractivity contribution in [1.82, 2.24) is 15.2 Å².